The van der Waals surface area contributed by atoms with Crippen LogP contribution in [-0.2, 0) is 18.9 Å². The third-order valence-corrected chi connectivity index (χ3v) is 2.92. The van der Waals surface area contributed by atoms with Crippen molar-refractivity contribution < 1.29 is 30.7 Å². The minimum atomic E-state index is -5.14. The second kappa shape index (κ2) is 5.39. The van der Waals surface area contributed by atoms with Crippen LogP contribution in [0.25, 0.3) is 0 Å². The van der Waals surface area contributed by atoms with Crippen LogP contribution in [0.3, 0.4) is 0 Å². The van der Waals surface area contributed by atoms with Crippen LogP contribution in [0.2, 0.25) is 0 Å². The van der Waals surface area contributed by atoms with Crippen LogP contribution in [0, 0.1) is 12.7 Å². The average Bonchev–Trinajstić information content (AvgIpc) is 2.79. The first-order valence-electron chi connectivity index (χ1n) is 6.03. The molecular weight excluding hydrogens is 333 g/mol. The standard InChI is InChI=1S/C12H9F7N4/c1-5-2-6(8(20)3-7(5)13)4-23-10(12(17,18)19)21-9(22-23)11(14,15)16/h2-3H,4,20H2,1H3. The highest BCUT2D eigenvalue weighted by atomic mass is 19.4. The zero-order chi connectivity index (χ0) is 17.6. The monoisotopic (exact) mass is 342 g/mol. The number of hydrogen-bond donors (Lipinski definition) is 1. The number of benzene rings is 1. The third-order valence-electron chi connectivity index (χ3n) is 2.92. The molecule has 0 aliphatic carbocycles. The fourth-order valence-electron chi connectivity index (χ4n) is 1.84. The minimum absolute atomic E-state index is 0.00646. The molecule has 0 aliphatic heterocycles. The Bertz CT molecular complexity index is 730. The van der Waals surface area contributed by atoms with Gasteiger partial charge in [-0.15, -0.1) is 5.10 Å². The molecule has 0 unspecified atom stereocenters. The molecule has 126 valence electrons. The number of anilines is 1. The summed E-state index contributed by atoms with van der Waals surface area (Å²) in [5.41, 5.74) is 5.36. The molecule has 0 amide bonds. The van der Waals surface area contributed by atoms with Crippen LogP contribution in [-0.4, -0.2) is 14.8 Å². The van der Waals surface area contributed by atoms with E-state index in [1.165, 1.54) is 6.92 Å². The number of hydrogen-bond acceptors (Lipinski definition) is 3. The first-order chi connectivity index (χ1) is 10.4. The van der Waals surface area contributed by atoms with E-state index in [1.807, 2.05) is 0 Å². The van der Waals surface area contributed by atoms with Gasteiger partial charge in [0.2, 0.25) is 5.82 Å². The first-order valence-corrected chi connectivity index (χ1v) is 6.03. The molecule has 2 aromatic rings. The Morgan fingerprint density at radius 1 is 1.09 bits per heavy atom. The molecule has 0 bridgehead atoms. The van der Waals surface area contributed by atoms with Crippen LogP contribution in [0.5, 0.6) is 0 Å². The topological polar surface area (TPSA) is 56.7 Å². The zero-order valence-corrected chi connectivity index (χ0v) is 11.4. The summed E-state index contributed by atoms with van der Waals surface area (Å²) in [5.74, 6) is -4.41. The number of halogens is 7. The van der Waals surface area contributed by atoms with E-state index in [2.05, 4.69) is 10.1 Å². The fourth-order valence-corrected chi connectivity index (χ4v) is 1.84. The summed E-state index contributed by atoms with van der Waals surface area (Å²) in [6, 6.07) is 2.01. The molecule has 0 saturated heterocycles. The van der Waals surface area contributed by atoms with Gasteiger partial charge in [-0.2, -0.15) is 31.3 Å². The normalized spacial score (nSPS) is 12.7. The SMILES string of the molecule is Cc1cc(Cn2nc(C(F)(F)F)nc2C(F)(F)F)c(N)cc1F. The lowest BCUT2D eigenvalue weighted by Crippen LogP contribution is -2.17. The van der Waals surface area contributed by atoms with Crippen molar-refractivity contribution >= 4 is 5.69 Å². The predicted octanol–water partition coefficient (Wildman–Crippen LogP) is 3.39. The van der Waals surface area contributed by atoms with Gasteiger partial charge in [-0.1, -0.05) is 0 Å². The van der Waals surface area contributed by atoms with Crippen LogP contribution in [0.1, 0.15) is 22.8 Å². The molecule has 1 heterocycles. The Kier molecular flexibility index (Phi) is 3.99. The highest BCUT2D eigenvalue weighted by Gasteiger charge is 2.44. The Morgan fingerprint density at radius 3 is 2.22 bits per heavy atom. The van der Waals surface area contributed by atoms with E-state index in [9.17, 15) is 30.7 Å². The first kappa shape index (κ1) is 17.0. The van der Waals surface area contributed by atoms with Crippen LogP contribution >= 0.6 is 0 Å². The molecule has 0 fully saturated rings. The van der Waals surface area contributed by atoms with Gasteiger partial charge in [0.1, 0.15) is 5.82 Å². The van der Waals surface area contributed by atoms with Gasteiger partial charge in [-0.3, -0.25) is 0 Å². The van der Waals surface area contributed by atoms with Crippen LogP contribution in [0.4, 0.5) is 36.4 Å². The van der Waals surface area contributed by atoms with E-state index in [4.69, 9.17) is 5.73 Å². The summed E-state index contributed by atoms with van der Waals surface area (Å²) >= 11 is 0. The molecule has 0 radical (unpaired) electrons. The Balaban J connectivity index is 2.51. The van der Waals surface area contributed by atoms with Gasteiger partial charge >= 0.3 is 12.4 Å². The third kappa shape index (κ3) is 3.54. The molecule has 23 heavy (non-hydrogen) atoms. The minimum Gasteiger partial charge on any atom is -0.398 e. The van der Waals surface area contributed by atoms with Gasteiger partial charge < -0.3 is 5.73 Å². The number of nitrogen functional groups attached to an aromatic ring is 1. The maximum Gasteiger partial charge on any atom is 0.453 e. The average molecular weight is 342 g/mol. The van der Waals surface area contributed by atoms with E-state index < -0.39 is 36.4 Å². The number of nitrogens with two attached hydrogens (primary N) is 1. The van der Waals surface area contributed by atoms with Crippen molar-refractivity contribution in [3.05, 3.63) is 40.7 Å². The van der Waals surface area contributed by atoms with E-state index >= 15 is 0 Å². The number of nitrogens with zero attached hydrogens (tertiary/aromatic N) is 3. The predicted molar refractivity (Wildman–Crippen MR) is 64.7 cm³/mol. The largest absolute Gasteiger partial charge is 0.453 e. The molecule has 4 nitrogen and oxygen atoms in total. The fraction of sp³-hybridized carbons (Fsp3) is 0.333. The van der Waals surface area contributed by atoms with E-state index in [-0.39, 0.29) is 21.5 Å². The number of rotatable bonds is 2. The molecule has 0 atom stereocenters. The van der Waals surface area contributed by atoms with Crippen molar-refractivity contribution in [1.29, 1.82) is 0 Å². The summed E-state index contributed by atoms with van der Waals surface area (Å²) in [7, 11) is 0. The van der Waals surface area contributed by atoms with Gasteiger partial charge in [0, 0.05) is 5.69 Å². The molecule has 0 aliphatic rings. The van der Waals surface area contributed by atoms with Crippen LogP contribution in [0.15, 0.2) is 12.1 Å². The Hall–Kier alpha value is -2.33. The number of alkyl halides is 6. The number of aromatic nitrogens is 3. The molecule has 1 aromatic carbocycles. The lowest BCUT2D eigenvalue weighted by Gasteiger charge is -2.11. The van der Waals surface area contributed by atoms with Crippen molar-refractivity contribution in [3.8, 4) is 0 Å². The maximum absolute atomic E-state index is 13.3. The molecule has 2 N–H and O–H groups in total. The van der Waals surface area contributed by atoms with Crippen molar-refractivity contribution in [2.45, 2.75) is 25.8 Å². The second-order valence-electron chi connectivity index (χ2n) is 4.71. The van der Waals surface area contributed by atoms with Crippen molar-refractivity contribution in [2.24, 2.45) is 0 Å². The van der Waals surface area contributed by atoms with Gasteiger partial charge in [0.25, 0.3) is 5.82 Å². The zero-order valence-electron chi connectivity index (χ0n) is 11.4. The highest BCUT2D eigenvalue weighted by molar-refractivity contribution is 5.49. The molecule has 0 spiro atoms. The second-order valence-corrected chi connectivity index (χ2v) is 4.71. The van der Waals surface area contributed by atoms with Gasteiger partial charge in [0.15, 0.2) is 0 Å². The Morgan fingerprint density at radius 2 is 1.70 bits per heavy atom. The summed E-state index contributed by atoms with van der Waals surface area (Å²) in [4.78, 5) is 2.51. The summed E-state index contributed by atoms with van der Waals surface area (Å²) in [6.07, 6.45) is -10.3. The molecule has 1 aromatic heterocycles. The highest BCUT2D eigenvalue weighted by Crippen LogP contribution is 2.33. The molecule has 11 heteroatoms. The smallest absolute Gasteiger partial charge is 0.398 e. The van der Waals surface area contributed by atoms with Gasteiger partial charge in [-0.05, 0) is 30.2 Å². The quantitative estimate of drug-likeness (QED) is 0.672. The summed E-state index contributed by atoms with van der Waals surface area (Å²) in [6.45, 7) is 0.607. The molecule has 0 saturated carbocycles. The maximum atomic E-state index is 13.3. The lowest BCUT2D eigenvalue weighted by molar-refractivity contribution is -0.150. The van der Waals surface area contributed by atoms with Crippen molar-refractivity contribution in [1.82, 2.24) is 14.8 Å². The molecule has 2 rings (SSSR count). The Labute approximate surface area is 124 Å². The van der Waals surface area contributed by atoms with E-state index in [0.717, 1.165) is 12.1 Å². The van der Waals surface area contributed by atoms with E-state index in [1.54, 1.807) is 0 Å². The van der Waals surface area contributed by atoms with Crippen molar-refractivity contribution in [2.75, 3.05) is 5.73 Å². The number of aryl methyl sites for hydroxylation is 1. The van der Waals surface area contributed by atoms with Crippen LogP contribution < -0.4 is 5.73 Å². The summed E-state index contributed by atoms with van der Waals surface area (Å²) < 4.78 is 89.3. The molecular formula is C12H9F7N4. The lowest BCUT2D eigenvalue weighted by atomic mass is 10.1. The van der Waals surface area contributed by atoms with Gasteiger partial charge in [0.05, 0.1) is 6.54 Å². The summed E-state index contributed by atoms with van der Waals surface area (Å²) in [5, 5.41) is 2.85. The van der Waals surface area contributed by atoms with E-state index in [0.29, 0.717) is 0 Å². The van der Waals surface area contributed by atoms with Gasteiger partial charge in [-0.25, -0.2) is 9.07 Å². The van der Waals surface area contributed by atoms with Crippen molar-refractivity contribution in [3.63, 3.8) is 0 Å².